The Balaban J connectivity index is 2.36. The van der Waals surface area contributed by atoms with Crippen LogP contribution in [0.25, 0.3) is 0 Å². The van der Waals surface area contributed by atoms with Crippen molar-refractivity contribution in [1.82, 2.24) is 5.48 Å². The first kappa shape index (κ1) is 24.7. The van der Waals surface area contributed by atoms with Gasteiger partial charge in [0.25, 0.3) is 15.9 Å². The van der Waals surface area contributed by atoms with E-state index in [0.717, 1.165) is 11.2 Å². The van der Waals surface area contributed by atoms with Crippen LogP contribution < -0.4 is 14.5 Å². The van der Waals surface area contributed by atoms with Crippen molar-refractivity contribution < 1.29 is 32.7 Å². The van der Waals surface area contributed by atoms with Crippen LogP contribution in [0.1, 0.15) is 34.6 Å². The first-order valence-electron chi connectivity index (χ1n) is 10.2. The van der Waals surface area contributed by atoms with E-state index in [0.29, 0.717) is 16.9 Å². The van der Waals surface area contributed by atoms with Crippen LogP contribution in [-0.4, -0.2) is 32.6 Å². The van der Waals surface area contributed by atoms with Gasteiger partial charge in [0.15, 0.2) is 0 Å². The Labute approximate surface area is 197 Å². The zero-order valence-electron chi connectivity index (χ0n) is 18.8. The van der Waals surface area contributed by atoms with Crippen molar-refractivity contribution in [3.8, 4) is 5.75 Å². The maximum Gasteiger partial charge on any atom is 0.304 e. The third-order valence-corrected chi connectivity index (χ3v) is 6.76. The van der Waals surface area contributed by atoms with E-state index in [1.165, 1.54) is 37.4 Å². The topological polar surface area (TPSA) is 122 Å². The van der Waals surface area contributed by atoms with Gasteiger partial charge in [0, 0.05) is 12.5 Å². The summed E-state index contributed by atoms with van der Waals surface area (Å²) in [6.45, 7) is 2.77. The van der Waals surface area contributed by atoms with Gasteiger partial charge in [-0.3, -0.25) is 14.8 Å². The molecule has 0 fully saturated rings. The van der Waals surface area contributed by atoms with Crippen molar-refractivity contribution in [3.63, 3.8) is 0 Å². The van der Waals surface area contributed by atoms with Crippen molar-refractivity contribution in [2.75, 3.05) is 11.4 Å². The van der Waals surface area contributed by atoms with Gasteiger partial charge >= 0.3 is 5.97 Å². The number of carbonyl (C=O) groups excluding carboxylic acids is 2. The molecule has 0 spiro atoms. The quantitative estimate of drug-likeness (QED) is 0.217. The second kappa shape index (κ2) is 10.4. The zero-order valence-corrected chi connectivity index (χ0v) is 19.6. The Bertz CT molecular complexity index is 1280. The number of rotatable bonds is 8. The maximum absolute atomic E-state index is 14.0. The molecule has 1 amide bonds. The van der Waals surface area contributed by atoms with E-state index in [1.807, 2.05) is 0 Å². The van der Waals surface area contributed by atoms with Gasteiger partial charge in [0.05, 0.1) is 23.3 Å². The Hall–Kier alpha value is -3.89. The zero-order chi connectivity index (χ0) is 24.9. The SMILES string of the molecule is COc1ccc(S(=O)(=O)N(c2c(C)cccc2C(=O)NO)C(OC(C)=O)c2ccccc2)cc1. The summed E-state index contributed by atoms with van der Waals surface area (Å²) >= 11 is 0. The molecular formula is C24H24N2O7S. The smallest absolute Gasteiger partial charge is 0.304 e. The van der Waals surface area contributed by atoms with E-state index < -0.39 is 28.1 Å². The standard InChI is InChI=1S/C24H24N2O7S/c1-16-8-7-11-21(23(28)25-29)22(16)26(24(33-17(2)27)18-9-5-4-6-10-18)34(30,31)20-14-12-19(32-3)13-15-20/h4-15,24,29H,1-3H3,(H,25,28). The third-order valence-electron chi connectivity index (χ3n) is 5.00. The highest BCUT2D eigenvalue weighted by Crippen LogP contribution is 2.38. The normalized spacial score (nSPS) is 11.9. The molecule has 1 atom stereocenters. The fourth-order valence-corrected chi connectivity index (χ4v) is 5.05. The minimum Gasteiger partial charge on any atom is -0.497 e. The average Bonchev–Trinajstić information content (AvgIpc) is 2.84. The maximum atomic E-state index is 14.0. The Kier molecular flexibility index (Phi) is 7.54. The molecular weight excluding hydrogens is 460 g/mol. The number of nitrogens with one attached hydrogen (secondary N) is 1. The predicted molar refractivity (Wildman–Crippen MR) is 124 cm³/mol. The van der Waals surface area contributed by atoms with Gasteiger partial charge in [-0.05, 0) is 42.8 Å². The predicted octanol–water partition coefficient (Wildman–Crippen LogP) is 3.58. The number of methoxy groups -OCH3 is 1. The molecule has 9 nitrogen and oxygen atoms in total. The highest BCUT2D eigenvalue weighted by atomic mass is 32.2. The van der Waals surface area contributed by atoms with Crippen LogP contribution >= 0.6 is 0 Å². The average molecular weight is 485 g/mol. The second-order valence-corrected chi connectivity index (χ2v) is 9.08. The number of nitrogens with zero attached hydrogens (tertiary/aromatic N) is 1. The van der Waals surface area contributed by atoms with Gasteiger partial charge in [-0.1, -0.05) is 42.5 Å². The molecule has 0 saturated carbocycles. The summed E-state index contributed by atoms with van der Waals surface area (Å²) < 4.78 is 39.6. The number of hydrogen-bond donors (Lipinski definition) is 2. The minimum atomic E-state index is -4.42. The molecule has 10 heteroatoms. The lowest BCUT2D eigenvalue weighted by Crippen LogP contribution is -2.39. The van der Waals surface area contributed by atoms with E-state index in [2.05, 4.69) is 0 Å². The fourth-order valence-electron chi connectivity index (χ4n) is 3.45. The van der Waals surface area contributed by atoms with Crippen molar-refractivity contribution in [2.24, 2.45) is 0 Å². The molecule has 3 aromatic rings. The van der Waals surface area contributed by atoms with Crippen molar-refractivity contribution in [3.05, 3.63) is 89.5 Å². The van der Waals surface area contributed by atoms with E-state index in [-0.39, 0.29) is 16.1 Å². The van der Waals surface area contributed by atoms with Gasteiger partial charge in [0.2, 0.25) is 6.23 Å². The molecule has 34 heavy (non-hydrogen) atoms. The van der Waals surface area contributed by atoms with Crippen LogP contribution in [0, 0.1) is 6.92 Å². The van der Waals surface area contributed by atoms with E-state index in [4.69, 9.17) is 9.47 Å². The summed E-state index contributed by atoms with van der Waals surface area (Å²) in [5, 5.41) is 9.30. The van der Waals surface area contributed by atoms with Crippen LogP contribution in [-0.2, 0) is 19.6 Å². The number of sulfonamides is 1. The van der Waals surface area contributed by atoms with Crippen molar-refractivity contribution in [1.29, 1.82) is 0 Å². The molecule has 0 bridgehead atoms. The Morgan fingerprint density at radius 2 is 1.62 bits per heavy atom. The number of hydrogen-bond acceptors (Lipinski definition) is 7. The molecule has 0 aromatic heterocycles. The molecule has 0 aliphatic heterocycles. The second-order valence-electron chi connectivity index (χ2n) is 7.26. The summed E-state index contributed by atoms with van der Waals surface area (Å²) in [6, 6.07) is 18.5. The van der Waals surface area contributed by atoms with Crippen LogP contribution in [0.4, 0.5) is 5.69 Å². The molecule has 2 N–H and O–H groups in total. The summed E-state index contributed by atoms with van der Waals surface area (Å²) in [6.07, 6.45) is -1.45. The number of hydroxylamine groups is 1. The summed E-state index contributed by atoms with van der Waals surface area (Å²) in [5.74, 6) is -1.21. The van der Waals surface area contributed by atoms with Crippen LogP contribution in [0.2, 0.25) is 0 Å². The van der Waals surface area contributed by atoms with Crippen molar-refractivity contribution in [2.45, 2.75) is 25.0 Å². The van der Waals surface area contributed by atoms with E-state index in [9.17, 15) is 23.2 Å². The molecule has 3 rings (SSSR count). The van der Waals surface area contributed by atoms with E-state index in [1.54, 1.807) is 54.9 Å². The molecule has 0 heterocycles. The number of benzene rings is 3. The summed E-state index contributed by atoms with van der Waals surface area (Å²) in [7, 11) is -2.97. The number of amides is 1. The molecule has 0 aliphatic rings. The fraction of sp³-hybridized carbons (Fsp3) is 0.167. The lowest BCUT2D eigenvalue weighted by atomic mass is 10.1. The highest BCUT2D eigenvalue weighted by Gasteiger charge is 2.38. The molecule has 178 valence electrons. The monoisotopic (exact) mass is 484 g/mol. The lowest BCUT2D eigenvalue weighted by molar-refractivity contribution is -0.146. The Morgan fingerprint density at radius 1 is 0.971 bits per heavy atom. The van der Waals surface area contributed by atoms with Crippen LogP contribution in [0.3, 0.4) is 0 Å². The van der Waals surface area contributed by atoms with Gasteiger partial charge in [-0.15, -0.1) is 0 Å². The number of para-hydroxylation sites is 1. The number of esters is 1. The summed E-state index contributed by atoms with van der Waals surface area (Å²) in [5.41, 5.74) is 2.11. The van der Waals surface area contributed by atoms with Gasteiger partial charge < -0.3 is 9.47 Å². The first-order valence-corrected chi connectivity index (χ1v) is 11.6. The van der Waals surface area contributed by atoms with Crippen LogP contribution in [0.5, 0.6) is 5.75 Å². The number of aryl methyl sites for hydroxylation is 1. The third kappa shape index (κ3) is 5.03. The first-order chi connectivity index (χ1) is 16.2. The molecule has 0 saturated heterocycles. The minimum absolute atomic E-state index is 0.0556. The number of anilines is 1. The molecule has 1 unspecified atom stereocenters. The van der Waals surface area contributed by atoms with E-state index >= 15 is 0 Å². The van der Waals surface area contributed by atoms with Gasteiger partial charge in [-0.25, -0.2) is 18.2 Å². The van der Waals surface area contributed by atoms with Gasteiger partial charge in [0.1, 0.15) is 5.75 Å². The van der Waals surface area contributed by atoms with Crippen LogP contribution in [0.15, 0.2) is 77.7 Å². The molecule has 0 radical (unpaired) electrons. The van der Waals surface area contributed by atoms with Gasteiger partial charge in [-0.2, -0.15) is 0 Å². The Morgan fingerprint density at radius 3 is 2.18 bits per heavy atom. The number of ether oxygens (including phenoxy) is 2. The van der Waals surface area contributed by atoms with Crippen molar-refractivity contribution >= 4 is 27.6 Å². The molecule has 3 aromatic carbocycles. The molecule has 0 aliphatic carbocycles. The number of carbonyl (C=O) groups is 2. The highest BCUT2D eigenvalue weighted by molar-refractivity contribution is 7.92. The summed E-state index contributed by atoms with van der Waals surface area (Å²) in [4.78, 5) is 24.5. The lowest BCUT2D eigenvalue weighted by Gasteiger charge is -2.34. The largest absolute Gasteiger partial charge is 0.497 e.